The van der Waals surface area contributed by atoms with Crippen LogP contribution < -0.4 is 10.1 Å². The number of alkyl halides is 3. The molecule has 5 nitrogen and oxygen atoms in total. The minimum absolute atomic E-state index is 0.0447. The van der Waals surface area contributed by atoms with Gasteiger partial charge in [0.15, 0.2) is 6.29 Å². The van der Waals surface area contributed by atoms with Crippen LogP contribution in [0.25, 0.3) is 0 Å². The first-order chi connectivity index (χ1) is 10.5. The summed E-state index contributed by atoms with van der Waals surface area (Å²) >= 11 is 0. The molecule has 128 valence electrons. The molecular weight excluding hydrogens is 315 g/mol. The first kappa shape index (κ1) is 18.8. The summed E-state index contributed by atoms with van der Waals surface area (Å²) in [6.07, 6.45) is -5.16. The average Bonchev–Trinajstić information content (AvgIpc) is 2.40. The Morgan fingerprint density at radius 2 is 1.91 bits per heavy atom. The van der Waals surface area contributed by atoms with Crippen molar-refractivity contribution in [2.45, 2.75) is 32.5 Å². The van der Waals surface area contributed by atoms with Crippen LogP contribution in [0.1, 0.15) is 36.7 Å². The van der Waals surface area contributed by atoms with Gasteiger partial charge in [0.1, 0.15) is 18.0 Å². The molecule has 1 amide bonds. The highest BCUT2D eigenvalue weighted by molar-refractivity contribution is 5.78. The standard InChI is InChI=1S/C15H18F3NO4/c1-14(2,3)23-13(21)19-6-7-22-11-5-4-10(9-20)12(8-11)15(16,17)18/h4-5,8-9H,6-7H2,1-3H3,(H,19,21). The quantitative estimate of drug-likeness (QED) is 0.662. The number of ether oxygens (including phenoxy) is 2. The Kier molecular flexibility index (Phi) is 6.00. The van der Waals surface area contributed by atoms with Crippen molar-refractivity contribution in [1.82, 2.24) is 5.32 Å². The molecular formula is C15H18F3NO4. The van der Waals surface area contributed by atoms with Gasteiger partial charge in [0, 0.05) is 5.56 Å². The molecule has 1 N–H and O–H groups in total. The van der Waals surface area contributed by atoms with Gasteiger partial charge in [-0.1, -0.05) is 0 Å². The molecule has 0 aromatic heterocycles. The van der Waals surface area contributed by atoms with E-state index in [1.807, 2.05) is 0 Å². The number of amides is 1. The summed E-state index contributed by atoms with van der Waals surface area (Å²) in [7, 11) is 0. The van der Waals surface area contributed by atoms with Crippen molar-refractivity contribution >= 4 is 12.4 Å². The van der Waals surface area contributed by atoms with Gasteiger partial charge < -0.3 is 14.8 Å². The van der Waals surface area contributed by atoms with E-state index in [1.54, 1.807) is 20.8 Å². The molecule has 1 rings (SSSR count). The molecule has 0 unspecified atom stereocenters. The Hall–Kier alpha value is -2.25. The molecule has 0 fully saturated rings. The minimum Gasteiger partial charge on any atom is -0.492 e. The maximum absolute atomic E-state index is 12.8. The molecule has 23 heavy (non-hydrogen) atoms. The Morgan fingerprint density at radius 1 is 1.26 bits per heavy atom. The van der Waals surface area contributed by atoms with Crippen LogP contribution in [-0.2, 0) is 10.9 Å². The fourth-order valence-electron chi connectivity index (χ4n) is 1.61. The third-order valence-corrected chi connectivity index (χ3v) is 2.50. The van der Waals surface area contributed by atoms with E-state index in [4.69, 9.17) is 9.47 Å². The highest BCUT2D eigenvalue weighted by Crippen LogP contribution is 2.33. The zero-order chi connectivity index (χ0) is 17.7. The van der Waals surface area contributed by atoms with E-state index in [1.165, 1.54) is 6.07 Å². The van der Waals surface area contributed by atoms with Crippen LogP contribution in [0, 0.1) is 0 Å². The number of aldehydes is 1. The molecule has 0 saturated carbocycles. The molecule has 0 aliphatic rings. The van der Waals surface area contributed by atoms with Crippen LogP contribution in [0.3, 0.4) is 0 Å². The minimum atomic E-state index is -4.65. The topological polar surface area (TPSA) is 64.6 Å². The fraction of sp³-hybridized carbons (Fsp3) is 0.467. The van der Waals surface area contributed by atoms with Crippen LogP contribution in [0.15, 0.2) is 18.2 Å². The maximum atomic E-state index is 12.8. The molecule has 0 spiro atoms. The van der Waals surface area contributed by atoms with Crippen molar-refractivity contribution < 1.29 is 32.2 Å². The van der Waals surface area contributed by atoms with Gasteiger partial charge in [-0.2, -0.15) is 13.2 Å². The number of halogens is 3. The second kappa shape index (κ2) is 7.34. The van der Waals surface area contributed by atoms with Crippen molar-refractivity contribution in [3.05, 3.63) is 29.3 Å². The summed E-state index contributed by atoms with van der Waals surface area (Å²) in [5.41, 5.74) is -2.17. The summed E-state index contributed by atoms with van der Waals surface area (Å²) in [4.78, 5) is 22.0. The molecule has 0 aliphatic heterocycles. The number of rotatable bonds is 5. The van der Waals surface area contributed by atoms with Gasteiger partial charge in [0.05, 0.1) is 12.1 Å². The van der Waals surface area contributed by atoms with Gasteiger partial charge in [-0.3, -0.25) is 4.79 Å². The normalized spacial score (nSPS) is 11.7. The van der Waals surface area contributed by atoms with Crippen LogP contribution in [0.4, 0.5) is 18.0 Å². The van der Waals surface area contributed by atoms with Gasteiger partial charge in [0.2, 0.25) is 0 Å². The van der Waals surface area contributed by atoms with Gasteiger partial charge in [-0.25, -0.2) is 4.79 Å². The van der Waals surface area contributed by atoms with Crippen molar-refractivity contribution in [1.29, 1.82) is 0 Å². The van der Waals surface area contributed by atoms with Gasteiger partial charge in [-0.05, 0) is 39.0 Å². The maximum Gasteiger partial charge on any atom is 0.417 e. The van der Waals surface area contributed by atoms with Gasteiger partial charge in [-0.15, -0.1) is 0 Å². The summed E-state index contributed by atoms with van der Waals surface area (Å²) in [5, 5.41) is 2.41. The summed E-state index contributed by atoms with van der Waals surface area (Å²) in [5.74, 6) is -0.0473. The number of alkyl carbamates (subject to hydrolysis) is 1. The molecule has 1 aromatic rings. The van der Waals surface area contributed by atoms with Crippen LogP contribution in [0.2, 0.25) is 0 Å². The number of nitrogens with one attached hydrogen (secondary N) is 1. The first-order valence-electron chi connectivity index (χ1n) is 6.79. The van der Waals surface area contributed by atoms with Crippen molar-refractivity contribution in [2.24, 2.45) is 0 Å². The second-order valence-electron chi connectivity index (χ2n) is 5.64. The Morgan fingerprint density at radius 3 is 2.43 bits per heavy atom. The average molecular weight is 333 g/mol. The second-order valence-corrected chi connectivity index (χ2v) is 5.64. The molecule has 0 aliphatic carbocycles. The molecule has 0 saturated heterocycles. The third-order valence-electron chi connectivity index (χ3n) is 2.50. The highest BCUT2D eigenvalue weighted by atomic mass is 19.4. The van der Waals surface area contributed by atoms with E-state index in [0.717, 1.165) is 12.1 Å². The van der Waals surface area contributed by atoms with Crippen LogP contribution >= 0.6 is 0 Å². The van der Waals surface area contributed by atoms with Gasteiger partial charge in [0.25, 0.3) is 0 Å². The number of carbonyl (C=O) groups excluding carboxylic acids is 2. The monoisotopic (exact) mass is 333 g/mol. The predicted octanol–water partition coefficient (Wildman–Crippen LogP) is 3.42. The molecule has 8 heteroatoms. The lowest BCUT2D eigenvalue weighted by Gasteiger charge is -2.19. The zero-order valence-electron chi connectivity index (χ0n) is 13.0. The largest absolute Gasteiger partial charge is 0.492 e. The van der Waals surface area contributed by atoms with E-state index in [2.05, 4.69) is 5.32 Å². The lowest BCUT2D eigenvalue weighted by Crippen LogP contribution is -2.34. The Labute approximate surface area is 131 Å². The first-order valence-corrected chi connectivity index (χ1v) is 6.79. The molecule has 0 atom stereocenters. The van der Waals surface area contributed by atoms with Crippen molar-refractivity contribution in [2.75, 3.05) is 13.2 Å². The molecule has 1 aromatic carbocycles. The van der Waals surface area contributed by atoms with Crippen molar-refractivity contribution in [3.63, 3.8) is 0 Å². The van der Waals surface area contributed by atoms with E-state index >= 15 is 0 Å². The lowest BCUT2D eigenvalue weighted by molar-refractivity contribution is -0.137. The fourth-order valence-corrected chi connectivity index (χ4v) is 1.61. The summed E-state index contributed by atoms with van der Waals surface area (Å²) in [6, 6.07) is 3.04. The molecule has 0 heterocycles. The van der Waals surface area contributed by atoms with Crippen molar-refractivity contribution in [3.8, 4) is 5.75 Å². The number of hydrogen-bond donors (Lipinski definition) is 1. The third kappa shape index (κ3) is 6.58. The predicted molar refractivity (Wildman–Crippen MR) is 76.6 cm³/mol. The van der Waals surface area contributed by atoms with E-state index in [-0.39, 0.29) is 25.2 Å². The summed E-state index contributed by atoms with van der Waals surface area (Å²) < 4.78 is 48.5. The summed E-state index contributed by atoms with van der Waals surface area (Å²) in [6.45, 7) is 5.13. The number of hydrogen-bond acceptors (Lipinski definition) is 4. The van der Waals surface area contributed by atoms with E-state index < -0.39 is 29.0 Å². The lowest BCUT2D eigenvalue weighted by atomic mass is 10.1. The van der Waals surface area contributed by atoms with Gasteiger partial charge >= 0.3 is 12.3 Å². The van der Waals surface area contributed by atoms with Crippen LogP contribution in [-0.4, -0.2) is 31.1 Å². The zero-order valence-corrected chi connectivity index (χ0v) is 13.0. The SMILES string of the molecule is CC(C)(C)OC(=O)NCCOc1ccc(C=O)c(C(F)(F)F)c1. The highest BCUT2D eigenvalue weighted by Gasteiger charge is 2.33. The van der Waals surface area contributed by atoms with Crippen LogP contribution in [0.5, 0.6) is 5.75 Å². The van der Waals surface area contributed by atoms with E-state index in [9.17, 15) is 22.8 Å². The smallest absolute Gasteiger partial charge is 0.417 e. The Bertz CT molecular complexity index is 565. The molecule has 0 radical (unpaired) electrons. The van der Waals surface area contributed by atoms with E-state index in [0.29, 0.717) is 0 Å². The number of carbonyl (C=O) groups is 2. The molecule has 0 bridgehead atoms. The Balaban J connectivity index is 2.56. The number of benzene rings is 1.